The third-order valence-corrected chi connectivity index (χ3v) is 3.28. The molecule has 0 saturated heterocycles. The van der Waals surface area contributed by atoms with E-state index in [1.807, 2.05) is 34.7 Å². The SMILES string of the molecule is S=c1nc2[nH]ncc2c2[nH]nc(-c3ccccc3)n12. The first-order chi connectivity index (χ1) is 9.34. The van der Waals surface area contributed by atoms with Crippen LogP contribution in [0.5, 0.6) is 0 Å². The predicted molar refractivity (Wildman–Crippen MR) is 73.3 cm³/mol. The van der Waals surface area contributed by atoms with Crippen LogP contribution in [0.4, 0.5) is 0 Å². The van der Waals surface area contributed by atoms with Crippen LogP contribution in [0.3, 0.4) is 0 Å². The van der Waals surface area contributed by atoms with E-state index < -0.39 is 0 Å². The minimum atomic E-state index is 0.444. The number of hydrogen-bond donors (Lipinski definition) is 2. The van der Waals surface area contributed by atoms with Crippen LogP contribution in [0.1, 0.15) is 0 Å². The van der Waals surface area contributed by atoms with Crippen LogP contribution in [0.2, 0.25) is 0 Å². The number of rotatable bonds is 1. The Bertz CT molecular complexity index is 933. The monoisotopic (exact) mass is 268 g/mol. The minimum Gasteiger partial charge on any atom is -0.261 e. The molecule has 7 heteroatoms. The molecule has 3 aromatic heterocycles. The van der Waals surface area contributed by atoms with Gasteiger partial charge in [-0.1, -0.05) is 30.3 Å². The van der Waals surface area contributed by atoms with Gasteiger partial charge in [0.05, 0.1) is 11.6 Å². The Morgan fingerprint density at radius 2 is 1.95 bits per heavy atom. The number of fused-ring (bicyclic) bond motifs is 3. The van der Waals surface area contributed by atoms with Crippen LogP contribution in [0, 0.1) is 4.77 Å². The van der Waals surface area contributed by atoms with Gasteiger partial charge < -0.3 is 0 Å². The fourth-order valence-corrected chi connectivity index (χ4v) is 2.41. The average molecular weight is 268 g/mol. The summed E-state index contributed by atoms with van der Waals surface area (Å²) in [5, 5.41) is 15.0. The Balaban J connectivity index is 2.17. The van der Waals surface area contributed by atoms with Gasteiger partial charge in [0.2, 0.25) is 4.77 Å². The van der Waals surface area contributed by atoms with E-state index in [1.165, 1.54) is 0 Å². The molecule has 0 radical (unpaired) electrons. The standard InChI is InChI=1S/C12H8N6S/c19-12-14-9-8(6-13-15-9)11-17-16-10(18(11)12)7-4-2-1-3-5-7/h1-6,17H,(H,14,15,19). The molecule has 3 heterocycles. The van der Waals surface area contributed by atoms with E-state index in [9.17, 15) is 0 Å². The molecular formula is C12H8N6S. The molecule has 1 aromatic carbocycles. The summed E-state index contributed by atoms with van der Waals surface area (Å²) in [7, 11) is 0. The molecule has 0 unspecified atom stereocenters. The van der Waals surface area contributed by atoms with Gasteiger partial charge in [-0.3, -0.25) is 14.6 Å². The molecule has 6 nitrogen and oxygen atoms in total. The fourth-order valence-electron chi connectivity index (χ4n) is 2.14. The van der Waals surface area contributed by atoms with E-state index in [0.717, 1.165) is 22.4 Å². The first-order valence-electron chi connectivity index (χ1n) is 5.70. The Kier molecular flexibility index (Phi) is 2.04. The normalized spacial score (nSPS) is 11.4. The molecule has 2 N–H and O–H groups in total. The molecule has 92 valence electrons. The summed E-state index contributed by atoms with van der Waals surface area (Å²) in [6, 6.07) is 9.85. The maximum absolute atomic E-state index is 5.33. The van der Waals surface area contributed by atoms with Gasteiger partial charge in [0, 0.05) is 5.56 Å². The maximum atomic E-state index is 5.33. The lowest BCUT2D eigenvalue weighted by Gasteiger charge is -1.99. The van der Waals surface area contributed by atoms with Crippen LogP contribution in [0.15, 0.2) is 36.5 Å². The highest BCUT2D eigenvalue weighted by atomic mass is 32.1. The van der Waals surface area contributed by atoms with Crippen LogP contribution in [0.25, 0.3) is 28.1 Å². The van der Waals surface area contributed by atoms with Crippen LogP contribution >= 0.6 is 12.2 Å². The van der Waals surface area contributed by atoms with Gasteiger partial charge in [-0.25, -0.2) is 0 Å². The molecule has 0 saturated carbocycles. The highest BCUT2D eigenvalue weighted by Crippen LogP contribution is 2.21. The Hall–Kier alpha value is -2.54. The van der Waals surface area contributed by atoms with Crippen molar-refractivity contribution in [3.05, 3.63) is 41.3 Å². The van der Waals surface area contributed by atoms with Gasteiger partial charge in [0.15, 0.2) is 11.5 Å². The third kappa shape index (κ3) is 1.42. The van der Waals surface area contributed by atoms with Gasteiger partial charge in [0.1, 0.15) is 5.65 Å². The molecule has 4 rings (SSSR count). The quantitative estimate of drug-likeness (QED) is 0.520. The first kappa shape index (κ1) is 10.4. The number of nitrogens with one attached hydrogen (secondary N) is 2. The highest BCUT2D eigenvalue weighted by molar-refractivity contribution is 7.71. The van der Waals surface area contributed by atoms with Crippen molar-refractivity contribution >= 4 is 28.9 Å². The van der Waals surface area contributed by atoms with E-state index in [-0.39, 0.29) is 0 Å². The lowest BCUT2D eigenvalue weighted by Crippen LogP contribution is -1.94. The van der Waals surface area contributed by atoms with Gasteiger partial charge >= 0.3 is 0 Å². The largest absolute Gasteiger partial charge is 0.261 e. The van der Waals surface area contributed by atoms with Gasteiger partial charge in [-0.05, 0) is 12.2 Å². The first-order valence-corrected chi connectivity index (χ1v) is 6.11. The highest BCUT2D eigenvalue weighted by Gasteiger charge is 2.12. The minimum absolute atomic E-state index is 0.444. The van der Waals surface area contributed by atoms with Crippen LogP contribution in [-0.2, 0) is 0 Å². The molecule has 0 aliphatic heterocycles. The molecule has 0 fully saturated rings. The second kappa shape index (κ2) is 3.72. The second-order valence-electron chi connectivity index (χ2n) is 4.12. The fraction of sp³-hybridized carbons (Fsp3) is 0. The summed E-state index contributed by atoms with van der Waals surface area (Å²) in [6.45, 7) is 0. The van der Waals surface area contributed by atoms with Crippen LogP contribution in [-0.4, -0.2) is 29.8 Å². The number of benzene rings is 1. The molecule has 0 atom stereocenters. The summed E-state index contributed by atoms with van der Waals surface area (Å²) in [4.78, 5) is 4.32. The topological polar surface area (TPSA) is 74.7 Å². The zero-order valence-corrected chi connectivity index (χ0v) is 10.5. The summed E-state index contributed by atoms with van der Waals surface area (Å²) >= 11 is 5.33. The molecule has 0 spiro atoms. The van der Waals surface area contributed by atoms with Gasteiger partial charge in [-0.15, -0.1) is 0 Å². The molecule has 4 aromatic rings. The van der Waals surface area contributed by atoms with Crippen molar-refractivity contribution in [1.82, 2.24) is 29.8 Å². The van der Waals surface area contributed by atoms with Crippen molar-refractivity contribution in [2.45, 2.75) is 0 Å². The van der Waals surface area contributed by atoms with E-state index >= 15 is 0 Å². The molecule has 0 amide bonds. The van der Waals surface area contributed by atoms with Crippen molar-refractivity contribution in [3.63, 3.8) is 0 Å². The molecule has 0 aliphatic rings. The van der Waals surface area contributed by atoms with E-state index in [1.54, 1.807) is 6.20 Å². The summed E-state index contributed by atoms with van der Waals surface area (Å²) < 4.78 is 2.27. The molecule has 19 heavy (non-hydrogen) atoms. The number of hydrogen-bond acceptors (Lipinski definition) is 4. The summed E-state index contributed by atoms with van der Waals surface area (Å²) in [5.74, 6) is 0.746. The van der Waals surface area contributed by atoms with E-state index in [2.05, 4.69) is 25.4 Å². The van der Waals surface area contributed by atoms with Gasteiger partial charge in [-0.2, -0.15) is 15.2 Å². The van der Waals surface area contributed by atoms with Crippen molar-refractivity contribution in [2.75, 3.05) is 0 Å². The summed E-state index contributed by atoms with van der Waals surface area (Å²) in [6.07, 6.45) is 1.71. The molecular weight excluding hydrogens is 260 g/mol. The zero-order valence-electron chi connectivity index (χ0n) is 9.66. The van der Waals surface area contributed by atoms with E-state index in [0.29, 0.717) is 10.4 Å². The number of H-pyrrole nitrogens is 2. The lowest BCUT2D eigenvalue weighted by atomic mass is 10.2. The maximum Gasteiger partial charge on any atom is 0.209 e. The van der Waals surface area contributed by atoms with Crippen molar-refractivity contribution in [3.8, 4) is 11.4 Å². The lowest BCUT2D eigenvalue weighted by molar-refractivity contribution is 1.05. The smallest absolute Gasteiger partial charge is 0.209 e. The van der Waals surface area contributed by atoms with Crippen molar-refractivity contribution in [2.24, 2.45) is 0 Å². The Morgan fingerprint density at radius 3 is 2.79 bits per heavy atom. The molecule has 0 aliphatic carbocycles. The zero-order chi connectivity index (χ0) is 12.8. The van der Waals surface area contributed by atoms with Crippen LogP contribution < -0.4 is 0 Å². The van der Waals surface area contributed by atoms with E-state index in [4.69, 9.17) is 12.2 Å². The Morgan fingerprint density at radius 1 is 1.11 bits per heavy atom. The van der Waals surface area contributed by atoms with Gasteiger partial charge in [0.25, 0.3) is 0 Å². The average Bonchev–Trinajstić information content (AvgIpc) is 3.05. The van der Waals surface area contributed by atoms with Crippen molar-refractivity contribution in [1.29, 1.82) is 0 Å². The number of aromatic amines is 2. The Labute approximate surface area is 112 Å². The third-order valence-electron chi connectivity index (χ3n) is 3.01. The summed E-state index contributed by atoms with van der Waals surface area (Å²) in [5.41, 5.74) is 2.44. The second-order valence-corrected chi connectivity index (χ2v) is 4.49. The molecule has 0 bridgehead atoms. The number of nitrogens with zero attached hydrogens (tertiary/aromatic N) is 4. The van der Waals surface area contributed by atoms with Crippen molar-refractivity contribution < 1.29 is 0 Å². The predicted octanol–water partition coefficient (Wildman–Crippen LogP) is 2.33. The number of aromatic nitrogens is 6.